The van der Waals surface area contributed by atoms with Crippen LogP contribution in [0.15, 0.2) is 0 Å². The average molecular weight is 302 g/mol. The molecule has 2 unspecified atom stereocenters. The summed E-state index contributed by atoms with van der Waals surface area (Å²) in [6.07, 6.45) is 3.58. The third-order valence-corrected chi connectivity index (χ3v) is 4.18. The monoisotopic (exact) mass is 302 g/mol. The summed E-state index contributed by atoms with van der Waals surface area (Å²) in [7, 11) is 0. The van der Waals surface area contributed by atoms with Crippen molar-refractivity contribution in [2.75, 3.05) is 12.3 Å². The highest BCUT2D eigenvalue weighted by Crippen LogP contribution is 2.17. The van der Waals surface area contributed by atoms with E-state index in [0.717, 1.165) is 31.0 Å². The summed E-state index contributed by atoms with van der Waals surface area (Å²) in [6.45, 7) is 2.60. The van der Waals surface area contributed by atoms with Crippen molar-refractivity contribution in [2.45, 2.75) is 45.1 Å². The zero-order valence-electron chi connectivity index (χ0n) is 11.7. The Morgan fingerprint density at radius 2 is 2.20 bits per heavy atom. The van der Waals surface area contributed by atoms with Gasteiger partial charge in [0, 0.05) is 18.7 Å². The van der Waals surface area contributed by atoms with Gasteiger partial charge < -0.3 is 15.7 Å². The molecule has 1 aliphatic rings. The second kappa shape index (κ2) is 8.84. The van der Waals surface area contributed by atoms with Crippen LogP contribution in [-0.4, -0.2) is 40.6 Å². The molecule has 1 aliphatic heterocycles. The van der Waals surface area contributed by atoms with Crippen LogP contribution in [0.4, 0.5) is 4.79 Å². The van der Waals surface area contributed by atoms with Crippen LogP contribution in [0.3, 0.4) is 0 Å². The van der Waals surface area contributed by atoms with E-state index in [-0.39, 0.29) is 17.6 Å². The van der Waals surface area contributed by atoms with Crippen LogP contribution in [0.5, 0.6) is 0 Å². The molecule has 114 valence electrons. The molecule has 0 spiro atoms. The number of carbonyl (C=O) groups is 3. The summed E-state index contributed by atoms with van der Waals surface area (Å²) >= 11 is 1.12. The van der Waals surface area contributed by atoms with E-state index in [9.17, 15) is 14.4 Å². The minimum Gasteiger partial charge on any atom is -0.481 e. The predicted molar refractivity (Wildman–Crippen MR) is 77.7 cm³/mol. The summed E-state index contributed by atoms with van der Waals surface area (Å²) < 4.78 is 0. The first-order valence-electron chi connectivity index (χ1n) is 6.95. The largest absolute Gasteiger partial charge is 0.481 e. The molecule has 20 heavy (non-hydrogen) atoms. The van der Waals surface area contributed by atoms with Gasteiger partial charge in [0.05, 0.1) is 0 Å². The van der Waals surface area contributed by atoms with Crippen LogP contribution in [0, 0.1) is 5.92 Å². The quantitative estimate of drug-likeness (QED) is 0.601. The maximum atomic E-state index is 11.8. The van der Waals surface area contributed by atoms with Crippen molar-refractivity contribution >= 4 is 28.9 Å². The van der Waals surface area contributed by atoms with Gasteiger partial charge in [-0.15, -0.1) is 0 Å². The molecule has 0 saturated carbocycles. The van der Waals surface area contributed by atoms with Gasteiger partial charge in [0.1, 0.15) is 6.04 Å². The van der Waals surface area contributed by atoms with Gasteiger partial charge in [-0.3, -0.25) is 14.4 Å². The molecule has 0 aromatic carbocycles. The van der Waals surface area contributed by atoms with Crippen molar-refractivity contribution in [1.29, 1.82) is 0 Å². The van der Waals surface area contributed by atoms with E-state index in [2.05, 4.69) is 17.6 Å². The van der Waals surface area contributed by atoms with Crippen LogP contribution >= 0.6 is 11.8 Å². The van der Waals surface area contributed by atoms with E-state index in [0.29, 0.717) is 24.6 Å². The number of thioether (sulfide) groups is 1. The first-order chi connectivity index (χ1) is 9.52. The number of carboxylic acids is 1. The first-order valence-corrected chi connectivity index (χ1v) is 7.94. The lowest BCUT2D eigenvalue weighted by Crippen LogP contribution is -2.43. The molecule has 1 heterocycles. The van der Waals surface area contributed by atoms with E-state index in [1.165, 1.54) is 0 Å². The van der Waals surface area contributed by atoms with Crippen molar-refractivity contribution in [1.82, 2.24) is 10.6 Å². The van der Waals surface area contributed by atoms with E-state index < -0.39 is 12.0 Å². The lowest BCUT2D eigenvalue weighted by molar-refractivity contribution is -0.137. The molecule has 2 amide bonds. The standard InChI is InChI=1S/C13H22N2O4S/c1-2-3-9(4-5-11(16)17)6-7-14-12(18)10-8-20-13(19)15-10/h9-10H,2-8H2,1H3,(H,14,18)(H,15,19)(H,16,17). The molecule has 1 saturated heterocycles. The predicted octanol–water partition coefficient (Wildman–Crippen LogP) is 1.60. The number of aliphatic carboxylic acids is 1. The van der Waals surface area contributed by atoms with Gasteiger partial charge in [-0.2, -0.15) is 0 Å². The third-order valence-electron chi connectivity index (χ3n) is 3.30. The van der Waals surface area contributed by atoms with Gasteiger partial charge in [0.15, 0.2) is 0 Å². The van der Waals surface area contributed by atoms with E-state index in [4.69, 9.17) is 5.11 Å². The van der Waals surface area contributed by atoms with Gasteiger partial charge in [-0.05, 0) is 18.8 Å². The van der Waals surface area contributed by atoms with E-state index >= 15 is 0 Å². The molecule has 3 N–H and O–H groups in total. The summed E-state index contributed by atoms with van der Waals surface area (Å²) in [5.74, 6) is -0.135. The summed E-state index contributed by atoms with van der Waals surface area (Å²) in [6, 6.07) is -0.434. The molecule has 0 aromatic heterocycles. The molecule has 0 radical (unpaired) electrons. The van der Waals surface area contributed by atoms with Crippen molar-refractivity contribution in [2.24, 2.45) is 5.92 Å². The Bertz CT molecular complexity index is 362. The molecule has 1 fully saturated rings. The molecular formula is C13H22N2O4S. The number of rotatable bonds is 9. The highest BCUT2D eigenvalue weighted by molar-refractivity contribution is 8.14. The summed E-state index contributed by atoms with van der Waals surface area (Å²) in [5, 5.41) is 13.9. The number of nitrogens with one attached hydrogen (secondary N) is 2. The summed E-state index contributed by atoms with van der Waals surface area (Å²) in [5.41, 5.74) is 0. The minimum atomic E-state index is -0.777. The van der Waals surface area contributed by atoms with Crippen LogP contribution in [0.25, 0.3) is 0 Å². The van der Waals surface area contributed by atoms with Gasteiger partial charge in [-0.1, -0.05) is 31.5 Å². The van der Waals surface area contributed by atoms with Crippen molar-refractivity contribution in [3.63, 3.8) is 0 Å². The lowest BCUT2D eigenvalue weighted by atomic mass is 9.94. The molecule has 0 aromatic rings. The van der Waals surface area contributed by atoms with Crippen LogP contribution in [0.1, 0.15) is 39.0 Å². The zero-order valence-corrected chi connectivity index (χ0v) is 12.5. The fourth-order valence-electron chi connectivity index (χ4n) is 2.22. The molecular weight excluding hydrogens is 280 g/mol. The van der Waals surface area contributed by atoms with E-state index in [1.54, 1.807) is 0 Å². The Morgan fingerprint density at radius 3 is 2.75 bits per heavy atom. The van der Waals surface area contributed by atoms with Crippen LogP contribution in [0.2, 0.25) is 0 Å². The molecule has 7 heteroatoms. The first kappa shape index (κ1) is 16.8. The van der Waals surface area contributed by atoms with E-state index in [1.807, 2.05) is 0 Å². The second-order valence-electron chi connectivity index (χ2n) is 4.96. The minimum absolute atomic E-state index is 0.156. The Kier molecular flexibility index (Phi) is 7.43. The number of carbonyl (C=O) groups excluding carboxylic acids is 2. The fourth-order valence-corrected chi connectivity index (χ4v) is 3.00. The molecule has 2 atom stereocenters. The van der Waals surface area contributed by atoms with Gasteiger partial charge >= 0.3 is 5.97 Å². The number of hydrogen-bond donors (Lipinski definition) is 3. The summed E-state index contributed by atoms with van der Waals surface area (Å²) in [4.78, 5) is 33.3. The number of hydrogen-bond acceptors (Lipinski definition) is 4. The Balaban J connectivity index is 2.23. The third kappa shape index (κ3) is 6.27. The number of carboxylic acid groups (broad SMARTS) is 1. The van der Waals surface area contributed by atoms with Gasteiger partial charge in [0.2, 0.25) is 5.91 Å². The molecule has 6 nitrogen and oxygen atoms in total. The zero-order chi connectivity index (χ0) is 15.0. The van der Waals surface area contributed by atoms with Crippen molar-refractivity contribution < 1.29 is 19.5 Å². The SMILES string of the molecule is CCCC(CCNC(=O)C1CSC(=O)N1)CCC(=O)O. The molecule has 0 bridgehead atoms. The highest BCUT2D eigenvalue weighted by atomic mass is 32.2. The topological polar surface area (TPSA) is 95.5 Å². The highest BCUT2D eigenvalue weighted by Gasteiger charge is 2.27. The maximum Gasteiger partial charge on any atom is 0.303 e. The average Bonchev–Trinajstić information content (AvgIpc) is 2.82. The maximum absolute atomic E-state index is 11.8. The normalized spacial score (nSPS) is 19.4. The van der Waals surface area contributed by atoms with Crippen LogP contribution in [-0.2, 0) is 9.59 Å². The Labute approximate surface area is 123 Å². The van der Waals surface area contributed by atoms with Crippen molar-refractivity contribution in [3.05, 3.63) is 0 Å². The fraction of sp³-hybridized carbons (Fsp3) is 0.769. The Morgan fingerprint density at radius 1 is 1.45 bits per heavy atom. The molecule has 0 aliphatic carbocycles. The lowest BCUT2D eigenvalue weighted by Gasteiger charge is -2.16. The number of amides is 2. The second-order valence-corrected chi connectivity index (χ2v) is 5.96. The van der Waals surface area contributed by atoms with Crippen LogP contribution < -0.4 is 10.6 Å². The van der Waals surface area contributed by atoms with Crippen molar-refractivity contribution in [3.8, 4) is 0 Å². The molecule has 1 rings (SSSR count). The Hall–Kier alpha value is -1.24. The van der Waals surface area contributed by atoms with Gasteiger partial charge in [0.25, 0.3) is 5.24 Å². The van der Waals surface area contributed by atoms with Gasteiger partial charge in [-0.25, -0.2) is 0 Å². The smallest absolute Gasteiger partial charge is 0.303 e.